The van der Waals surface area contributed by atoms with Gasteiger partial charge in [0.1, 0.15) is 11.7 Å². The molecule has 2 aliphatic rings. The molecule has 5 rings (SSSR count). The third-order valence-corrected chi connectivity index (χ3v) is 7.49. The molecular weight excluding hydrogens is 521 g/mol. The number of amides is 1. The lowest BCUT2D eigenvalue weighted by Gasteiger charge is -2.27. The second-order valence-electron chi connectivity index (χ2n) is 8.22. The zero-order valence-corrected chi connectivity index (χ0v) is 22.2. The van der Waals surface area contributed by atoms with Crippen LogP contribution in [0.15, 0.2) is 93.7 Å². The predicted octanol–water partition coefficient (Wildman–Crippen LogP) is 6.70. The first-order valence-electron chi connectivity index (χ1n) is 12.0. The third-order valence-electron chi connectivity index (χ3n) is 5.69. The first kappa shape index (κ1) is 25.8. The Balaban J connectivity index is 1.33. The van der Waals surface area contributed by atoms with Gasteiger partial charge >= 0.3 is 0 Å². The van der Waals surface area contributed by atoms with Crippen molar-refractivity contribution in [1.82, 2.24) is 4.90 Å². The zero-order valence-electron chi connectivity index (χ0n) is 20.5. The van der Waals surface area contributed by atoms with Gasteiger partial charge in [0.05, 0.1) is 24.5 Å². The Morgan fingerprint density at radius 2 is 1.84 bits per heavy atom. The number of nitrogens with zero attached hydrogens (tertiary/aromatic N) is 2. The molecule has 0 saturated heterocycles. The number of fused-ring (bicyclic) bond motifs is 1. The van der Waals surface area contributed by atoms with Gasteiger partial charge < -0.3 is 9.47 Å². The van der Waals surface area contributed by atoms with E-state index < -0.39 is 5.91 Å². The van der Waals surface area contributed by atoms with Crippen molar-refractivity contribution in [2.24, 2.45) is 4.99 Å². The molecule has 0 fully saturated rings. The Labute approximate surface area is 228 Å². The Kier molecular flexibility index (Phi) is 7.95. The number of carbonyl (C=O) groups excluding carboxylic acids is 1. The largest absolute Gasteiger partial charge is 0.490 e. The van der Waals surface area contributed by atoms with E-state index in [1.54, 1.807) is 40.9 Å². The van der Waals surface area contributed by atoms with Gasteiger partial charge in [-0.3, -0.25) is 15.1 Å². The normalized spacial score (nSPS) is 15.8. The van der Waals surface area contributed by atoms with E-state index in [2.05, 4.69) is 17.1 Å². The van der Waals surface area contributed by atoms with Crippen molar-refractivity contribution in [2.75, 3.05) is 19.0 Å². The fourth-order valence-electron chi connectivity index (χ4n) is 3.92. The molecule has 0 aliphatic carbocycles. The quantitative estimate of drug-likeness (QED) is 0.183. The van der Waals surface area contributed by atoms with Crippen LogP contribution in [0.4, 0.5) is 4.39 Å². The molecule has 3 aromatic carbocycles. The van der Waals surface area contributed by atoms with Crippen molar-refractivity contribution in [3.8, 4) is 11.5 Å². The van der Waals surface area contributed by atoms with Gasteiger partial charge in [0.15, 0.2) is 16.7 Å². The highest BCUT2D eigenvalue weighted by atomic mass is 32.2. The first-order chi connectivity index (χ1) is 18.5. The van der Waals surface area contributed by atoms with E-state index in [4.69, 9.17) is 14.9 Å². The van der Waals surface area contributed by atoms with Crippen molar-refractivity contribution >= 4 is 52.2 Å². The van der Waals surface area contributed by atoms with Crippen molar-refractivity contribution in [3.63, 3.8) is 0 Å². The van der Waals surface area contributed by atoms with Crippen LogP contribution < -0.4 is 9.47 Å². The van der Waals surface area contributed by atoms with Crippen molar-refractivity contribution in [1.29, 1.82) is 5.41 Å². The summed E-state index contributed by atoms with van der Waals surface area (Å²) in [4.78, 5) is 19.8. The van der Waals surface area contributed by atoms with Crippen LogP contribution in [0.2, 0.25) is 0 Å². The maximum absolute atomic E-state index is 13.4. The Morgan fingerprint density at radius 3 is 2.61 bits per heavy atom. The average molecular weight is 546 g/mol. The number of rotatable bonds is 9. The number of amidine groups is 2. The topological polar surface area (TPSA) is 75.0 Å². The van der Waals surface area contributed by atoms with Gasteiger partial charge in [-0.05, 0) is 72.7 Å². The molecule has 0 unspecified atom stereocenters. The molecule has 6 nitrogen and oxygen atoms in total. The number of nitrogens with one attached hydrogen (secondary N) is 1. The molecule has 0 spiro atoms. The van der Waals surface area contributed by atoms with Gasteiger partial charge in [-0.1, -0.05) is 36.0 Å². The van der Waals surface area contributed by atoms with Crippen molar-refractivity contribution in [2.45, 2.75) is 11.8 Å². The number of aliphatic imine (C=N–C) groups is 1. The maximum atomic E-state index is 13.4. The number of hydrogen-bond donors (Lipinski definition) is 1. The van der Waals surface area contributed by atoms with Crippen molar-refractivity contribution < 1.29 is 18.7 Å². The summed E-state index contributed by atoms with van der Waals surface area (Å²) in [5, 5.41) is 11.0. The van der Waals surface area contributed by atoms with Gasteiger partial charge in [0, 0.05) is 16.1 Å². The minimum Gasteiger partial charge on any atom is -0.490 e. The monoisotopic (exact) mass is 545 g/mol. The zero-order chi connectivity index (χ0) is 26.5. The molecule has 3 aromatic rings. The minimum absolute atomic E-state index is 0.0109. The third kappa shape index (κ3) is 5.69. The number of carbonyl (C=O) groups is 1. The molecular formula is C29H24FN3O3S2. The van der Waals surface area contributed by atoms with Crippen LogP contribution in [0.1, 0.15) is 18.1 Å². The summed E-state index contributed by atoms with van der Waals surface area (Å²) < 4.78 is 25.2. The average Bonchev–Trinajstić information content (AvgIpc) is 3.35. The van der Waals surface area contributed by atoms with Gasteiger partial charge in [-0.2, -0.15) is 4.99 Å². The van der Waals surface area contributed by atoms with E-state index in [0.29, 0.717) is 41.1 Å². The number of halogens is 1. The molecule has 0 radical (unpaired) electrons. The summed E-state index contributed by atoms with van der Waals surface area (Å²) in [5.41, 5.74) is 2.24. The molecule has 38 heavy (non-hydrogen) atoms. The molecule has 0 atom stereocenters. The summed E-state index contributed by atoms with van der Waals surface area (Å²) in [6, 6.07) is 21.6. The lowest BCUT2D eigenvalue weighted by Crippen LogP contribution is -2.38. The van der Waals surface area contributed by atoms with Crippen LogP contribution in [0.25, 0.3) is 11.8 Å². The van der Waals surface area contributed by atoms with Gasteiger partial charge in [-0.25, -0.2) is 4.39 Å². The highest BCUT2D eigenvalue weighted by Crippen LogP contribution is 2.38. The van der Waals surface area contributed by atoms with Gasteiger partial charge in [-0.15, -0.1) is 11.8 Å². The summed E-state index contributed by atoms with van der Waals surface area (Å²) in [5.74, 6) is 1.14. The summed E-state index contributed by atoms with van der Waals surface area (Å²) >= 11 is 2.98. The van der Waals surface area contributed by atoms with E-state index >= 15 is 0 Å². The molecule has 1 amide bonds. The molecule has 2 heterocycles. The second-order valence-corrected chi connectivity index (χ2v) is 10.2. The lowest BCUT2D eigenvalue weighted by molar-refractivity contribution is -0.114. The predicted molar refractivity (Wildman–Crippen MR) is 152 cm³/mol. The van der Waals surface area contributed by atoms with E-state index in [-0.39, 0.29) is 17.2 Å². The highest BCUT2D eigenvalue weighted by molar-refractivity contribution is 8.17. The fourth-order valence-corrected chi connectivity index (χ4v) is 5.56. The van der Waals surface area contributed by atoms with E-state index in [1.807, 2.05) is 42.7 Å². The van der Waals surface area contributed by atoms with Crippen LogP contribution in [-0.4, -0.2) is 40.8 Å². The van der Waals surface area contributed by atoms with Crippen LogP contribution in [0, 0.1) is 11.2 Å². The number of hydrogen-bond acceptors (Lipinski definition) is 6. The first-order valence-corrected chi connectivity index (χ1v) is 13.8. The minimum atomic E-state index is -0.487. The van der Waals surface area contributed by atoms with Crippen LogP contribution >= 0.6 is 23.5 Å². The molecule has 0 saturated carbocycles. The van der Waals surface area contributed by atoms with E-state index in [9.17, 15) is 9.18 Å². The lowest BCUT2D eigenvalue weighted by atomic mass is 10.1. The molecule has 1 N–H and O–H groups in total. The molecule has 2 aliphatic heterocycles. The van der Waals surface area contributed by atoms with E-state index in [1.165, 1.54) is 28.8 Å². The Bertz CT molecular complexity index is 1450. The Morgan fingerprint density at radius 1 is 1.05 bits per heavy atom. The van der Waals surface area contributed by atoms with Crippen LogP contribution in [-0.2, 0) is 4.79 Å². The van der Waals surface area contributed by atoms with Crippen molar-refractivity contribution in [3.05, 3.63) is 101 Å². The molecule has 0 aromatic heterocycles. The van der Waals surface area contributed by atoms with E-state index in [0.717, 1.165) is 11.3 Å². The number of ether oxygens (including phenoxy) is 2. The number of benzene rings is 3. The maximum Gasteiger partial charge on any atom is 0.283 e. The Hall–Kier alpha value is -3.82. The van der Waals surface area contributed by atoms with Gasteiger partial charge in [0.25, 0.3) is 5.91 Å². The fraction of sp³-hybridized carbons (Fsp3) is 0.138. The summed E-state index contributed by atoms with van der Waals surface area (Å²) in [6.45, 7) is 2.85. The van der Waals surface area contributed by atoms with Crippen LogP contribution in [0.5, 0.6) is 11.5 Å². The van der Waals surface area contributed by atoms with Crippen LogP contribution in [0.3, 0.4) is 0 Å². The smallest absolute Gasteiger partial charge is 0.283 e. The second kappa shape index (κ2) is 11.7. The summed E-state index contributed by atoms with van der Waals surface area (Å²) in [7, 11) is 0. The summed E-state index contributed by atoms with van der Waals surface area (Å²) in [6.07, 6.45) is 1.63. The highest BCUT2D eigenvalue weighted by Gasteiger charge is 2.36. The molecule has 0 bridgehead atoms. The van der Waals surface area contributed by atoms with Gasteiger partial charge in [0.2, 0.25) is 0 Å². The number of thioether (sulfide) groups is 2. The standard InChI is InChI=1S/C29H24FN3O3S2/c1-2-35-26-17-19(8-13-25(26)36-14-15-37-22-6-4-3-5-7-22)16-23-27(31)33-24(18-38-29(33)32-28(23)34)20-9-11-21(30)12-10-20/h3-13,16-18,31H,2,14-15H2,1H3/b23-16-,31-27?. The molecule has 9 heteroatoms. The molecule has 192 valence electrons. The SMILES string of the molecule is CCOc1cc(/C=C2/C(=N)N3C(c4ccc(F)cc4)=CSC3=NC2=O)ccc1OCCSc1ccccc1.